The van der Waals surface area contributed by atoms with Crippen molar-refractivity contribution in [2.75, 3.05) is 13.6 Å². The van der Waals surface area contributed by atoms with Gasteiger partial charge in [0.25, 0.3) is 0 Å². The molecule has 0 saturated carbocycles. The molecule has 0 aromatic heterocycles. The Hall–Kier alpha value is -0.980. The predicted molar refractivity (Wildman–Crippen MR) is 69.3 cm³/mol. The molecule has 0 amide bonds. The number of likely N-dealkylation sites (N-methyl/N-ethyl adjacent to an activating group) is 1. The maximum atomic E-state index is 13.2. The highest BCUT2D eigenvalue weighted by molar-refractivity contribution is 7.89. The first kappa shape index (κ1) is 15.1. The summed E-state index contributed by atoms with van der Waals surface area (Å²) in [4.78, 5) is 0.159. The summed E-state index contributed by atoms with van der Waals surface area (Å²) in [5.41, 5.74) is 6.42. The number of hydrogen-bond acceptors (Lipinski definition) is 3. The molecule has 1 unspecified atom stereocenters. The van der Waals surface area contributed by atoms with Crippen LogP contribution < -0.4 is 5.73 Å². The average Bonchev–Trinajstić information content (AvgIpc) is 2.13. The van der Waals surface area contributed by atoms with E-state index in [0.29, 0.717) is 11.1 Å². The summed E-state index contributed by atoms with van der Waals surface area (Å²) in [5, 5.41) is 0. The molecule has 0 bridgehead atoms. The van der Waals surface area contributed by atoms with Crippen LogP contribution in [0.1, 0.15) is 18.1 Å². The second-order valence-electron chi connectivity index (χ2n) is 4.63. The quantitative estimate of drug-likeness (QED) is 0.903. The molecule has 0 aliphatic carbocycles. The van der Waals surface area contributed by atoms with E-state index in [2.05, 4.69) is 0 Å². The van der Waals surface area contributed by atoms with Gasteiger partial charge in [-0.05, 0) is 44.0 Å². The fourth-order valence-electron chi connectivity index (χ4n) is 1.96. The molecular formula is C12H19FN2O2S. The Morgan fingerprint density at radius 1 is 1.33 bits per heavy atom. The predicted octanol–water partition coefficient (Wildman–Crippen LogP) is 1.41. The first-order valence-corrected chi connectivity index (χ1v) is 7.09. The Labute approximate surface area is 108 Å². The van der Waals surface area contributed by atoms with Crippen molar-refractivity contribution in [1.29, 1.82) is 0 Å². The zero-order valence-corrected chi connectivity index (χ0v) is 11.9. The van der Waals surface area contributed by atoms with E-state index >= 15 is 0 Å². The van der Waals surface area contributed by atoms with Gasteiger partial charge in [0.05, 0.1) is 4.90 Å². The lowest BCUT2D eigenvalue weighted by Gasteiger charge is -2.21. The first-order valence-electron chi connectivity index (χ1n) is 5.65. The van der Waals surface area contributed by atoms with Gasteiger partial charge in [-0.15, -0.1) is 0 Å². The van der Waals surface area contributed by atoms with Crippen molar-refractivity contribution in [2.24, 2.45) is 5.73 Å². The lowest BCUT2D eigenvalue weighted by Crippen LogP contribution is -2.37. The highest BCUT2D eigenvalue weighted by atomic mass is 32.2. The largest absolute Gasteiger partial charge is 0.327 e. The minimum absolute atomic E-state index is 0.159. The molecule has 0 heterocycles. The number of sulfonamides is 1. The molecule has 18 heavy (non-hydrogen) atoms. The van der Waals surface area contributed by atoms with Crippen LogP contribution in [0.3, 0.4) is 0 Å². The number of nitrogens with zero attached hydrogens (tertiary/aromatic N) is 1. The SMILES string of the molecule is Cc1cc(F)cc(C)c1S(=O)(=O)N(C)CC(C)N. The Bertz CT molecular complexity index is 518. The maximum Gasteiger partial charge on any atom is 0.243 e. The van der Waals surface area contributed by atoms with Crippen LogP contribution in [-0.4, -0.2) is 32.4 Å². The summed E-state index contributed by atoms with van der Waals surface area (Å²) in [6.45, 7) is 5.13. The molecule has 1 atom stereocenters. The monoisotopic (exact) mass is 274 g/mol. The van der Waals surface area contributed by atoms with Crippen LogP contribution in [-0.2, 0) is 10.0 Å². The number of rotatable bonds is 4. The van der Waals surface area contributed by atoms with Crippen molar-refractivity contribution in [3.05, 3.63) is 29.1 Å². The highest BCUT2D eigenvalue weighted by Gasteiger charge is 2.25. The molecule has 0 aliphatic heterocycles. The standard InChI is InChI=1S/C12H19FN2O2S/c1-8-5-11(13)6-9(2)12(8)18(16,17)15(4)7-10(3)14/h5-6,10H,7,14H2,1-4H3. The fourth-order valence-corrected chi connectivity index (χ4v) is 3.64. The smallest absolute Gasteiger partial charge is 0.243 e. The van der Waals surface area contributed by atoms with Crippen molar-refractivity contribution in [1.82, 2.24) is 4.31 Å². The molecule has 1 aromatic rings. The Kier molecular flexibility index (Phi) is 4.47. The van der Waals surface area contributed by atoms with Crippen LogP contribution in [0, 0.1) is 19.7 Å². The van der Waals surface area contributed by atoms with Gasteiger partial charge in [-0.1, -0.05) is 0 Å². The number of nitrogens with two attached hydrogens (primary N) is 1. The van der Waals surface area contributed by atoms with Crippen molar-refractivity contribution < 1.29 is 12.8 Å². The molecule has 1 aromatic carbocycles. The molecule has 2 N–H and O–H groups in total. The third kappa shape index (κ3) is 3.07. The van der Waals surface area contributed by atoms with Crippen molar-refractivity contribution in [3.8, 4) is 0 Å². The van der Waals surface area contributed by atoms with Gasteiger partial charge in [0.15, 0.2) is 0 Å². The van der Waals surface area contributed by atoms with Crippen LogP contribution >= 0.6 is 0 Å². The molecule has 102 valence electrons. The third-order valence-electron chi connectivity index (χ3n) is 2.64. The lowest BCUT2D eigenvalue weighted by molar-refractivity contribution is 0.444. The van der Waals surface area contributed by atoms with E-state index in [9.17, 15) is 12.8 Å². The second-order valence-corrected chi connectivity index (χ2v) is 6.61. The second kappa shape index (κ2) is 5.34. The highest BCUT2D eigenvalue weighted by Crippen LogP contribution is 2.24. The topological polar surface area (TPSA) is 63.4 Å². The Balaban J connectivity index is 3.29. The average molecular weight is 274 g/mol. The van der Waals surface area contributed by atoms with E-state index in [-0.39, 0.29) is 17.5 Å². The molecule has 0 radical (unpaired) electrons. The van der Waals surface area contributed by atoms with Gasteiger partial charge >= 0.3 is 0 Å². The van der Waals surface area contributed by atoms with E-state index in [1.54, 1.807) is 20.8 Å². The first-order chi connectivity index (χ1) is 8.16. The van der Waals surface area contributed by atoms with Gasteiger partial charge < -0.3 is 5.73 Å². The van der Waals surface area contributed by atoms with Crippen LogP contribution in [0.4, 0.5) is 4.39 Å². The zero-order chi connectivity index (χ0) is 14.1. The summed E-state index contributed by atoms with van der Waals surface area (Å²) in [7, 11) is -2.15. The minimum Gasteiger partial charge on any atom is -0.327 e. The van der Waals surface area contributed by atoms with E-state index in [0.717, 1.165) is 0 Å². The molecule has 1 rings (SSSR count). The van der Waals surface area contributed by atoms with Gasteiger partial charge in [-0.25, -0.2) is 12.8 Å². The van der Waals surface area contributed by atoms with E-state index in [1.807, 2.05) is 0 Å². The molecule has 0 spiro atoms. The number of benzene rings is 1. The number of halogens is 1. The fraction of sp³-hybridized carbons (Fsp3) is 0.500. The number of hydrogen-bond donors (Lipinski definition) is 1. The normalized spacial score (nSPS) is 13.9. The van der Waals surface area contributed by atoms with E-state index in [4.69, 9.17) is 5.73 Å². The molecule has 4 nitrogen and oxygen atoms in total. The third-order valence-corrected chi connectivity index (χ3v) is 4.77. The van der Waals surface area contributed by atoms with Crippen molar-refractivity contribution >= 4 is 10.0 Å². The summed E-state index contributed by atoms with van der Waals surface area (Å²) < 4.78 is 39.1. The summed E-state index contributed by atoms with van der Waals surface area (Å²) in [6, 6.07) is 2.19. The van der Waals surface area contributed by atoms with Crippen molar-refractivity contribution in [2.45, 2.75) is 31.7 Å². The molecule has 0 aliphatic rings. The number of aryl methyl sites for hydroxylation is 2. The summed E-state index contributed by atoms with van der Waals surface area (Å²) in [6.07, 6.45) is 0. The van der Waals surface area contributed by atoms with Gasteiger partial charge in [0.2, 0.25) is 10.0 Å². The molecular weight excluding hydrogens is 255 g/mol. The van der Waals surface area contributed by atoms with E-state index < -0.39 is 15.8 Å². The maximum absolute atomic E-state index is 13.2. The van der Waals surface area contributed by atoms with Gasteiger partial charge in [-0.3, -0.25) is 0 Å². The molecule has 0 fully saturated rings. The summed E-state index contributed by atoms with van der Waals surface area (Å²) in [5.74, 6) is -0.432. The van der Waals surface area contributed by atoms with Crippen LogP contribution in [0.2, 0.25) is 0 Å². The lowest BCUT2D eigenvalue weighted by atomic mass is 10.1. The van der Waals surface area contributed by atoms with Crippen LogP contribution in [0.5, 0.6) is 0 Å². The van der Waals surface area contributed by atoms with E-state index in [1.165, 1.54) is 23.5 Å². The van der Waals surface area contributed by atoms with Gasteiger partial charge in [0.1, 0.15) is 5.82 Å². The Morgan fingerprint density at radius 2 is 1.78 bits per heavy atom. The van der Waals surface area contributed by atoms with Crippen LogP contribution in [0.15, 0.2) is 17.0 Å². The molecule has 6 heteroatoms. The van der Waals surface area contributed by atoms with Crippen molar-refractivity contribution in [3.63, 3.8) is 0 Å². The zero-order valence-electron chi connectivity index (χ0n) is 11.1. The Morgan fingerprint density at radius 3 is 2.17 bits per heavy atom. The van der Waals surface area contributed by atoms with Gasteiger partial charge in [-0.2, -0.15) is 4.31 Å². The summed E-state index contributed by atoms with van der Waals surface area (Å²) >= 11 is 0. The van der Waals surface area contributed by atoms with Crippen LogP contribution in [0.25, 0.3) is 0 Å². The van der Waals surface area contributed by atoms with Gasteiger partial charge in [0, 0.05) is 19.6 Å². The minimum atomic E-state index is -3.63. The molecule has 0 saturated heterocycles.